The summed E-state index contributed by atoms with van der Waals surface area (Å²) in [7, 11) is 1.62. The summed E-state index contributed by atoms with van der Waals surface area (Å²) in [4.78, 5) is 16.2. The van der Waals surface area contributed by atoms with Gasteiger partial charge in [-0.1, -0.05) is 19.1 Å². The van der Waals surface area contributed by atoms with Crippen molar-refractivity contribution in [2.45, 2.75) is 20.3 Å². The standard InChI is InChI=1S/C22H26N4O4/c1-4-20(27)23-17-9-11-18(12-10-17)26-21(16-7-6-8-19(15-16)28-3)24-22(25-26)30-14-13-29-5-2/h6-12,15H,4-5,13-14H2,1-3H3,(H,23,27). The van der Waals surface area contributed by atoms with Crippen molar-refractivity contribution in [2.24, 2.45) is 0 Å². The highest BCUT2D eigenvalue weighted by molar-refractivity contribution is 5.90. The van der Waals surface area contributed by atoms with Crippen molar-refractivity contribution in [3.05, 3.63) is 48.5 Å². The van der Waals surface area contributed by atoms with Crippen molar-refractivity contribution < 1.29 is 19.0 Å². The van der Waals surface area contributed by atoms with Gasteiger partial charge in [0.05, 0.1) is 19.4 Å². The van der Waals surface area contributed by atoms with E-state index in [0.717, 1.165) is 22.7 Å². The van der Waals surface area contributed by atoms with E-state index in [1.54, 1.807) is 11.8 Å². The van der Waals surface area contributed by atoms with Gasteiger partial charge in [0, 0.05) is 24.3 Å². The van der Waals surface area contributed by atoms with Crippen LogP contribution in [0.25, 0.3) is 17.1 Å². The molecule has 0 fully saturated rings. The summed E-state index contributed by atoms with van der Waals surface area (Å²) < 4.78 is 18.0. The summed E-state index contributed by atoms with van der Waals surface area (Å²) in [5, 5.41) is 7.35. The number of rotatable bonds is 10. The Morgan fingerprint density at radius 1 is 1.10 bits per heavy atom. The minimum absolute atomic E-state index is 0.0365. The lowest BCUT2D eigenvalue weighted by atomic mass is 10.2. The molecule has 3 rings (SSSR count). The Kier molecular flexibility index (Phi) is 7.40. The molecule has 1 amide bonds. The first-order chi connectivity index (χ1) is 14.6. The first-order valence-electron chi connectivity index (χ1n) is 9.87. The molecule has 0 unspecified atom stereocenters. The zero-order valence-electron chi connectivity index (χ0n) is 17.4. The average molecular weight is 410 g/mol. The molecule has 8 heteroatoms. The van der Waals surface area contributed by atoms with E-state index in [2.05, 4.69) is 15.4 Å². The second-order valence-electron chi connectivity index (χ2n) is 6.36. The Labute approximate surface area is 175 Å². The van der Waals surface area contributed by atoms with E-state index in [0.29, 0.717) is 32.1 Å². The molecule has 1 heterocycles. The molecule has 0 saturated carbocycles. The maximum atomic E-state index is 11.6. The summed E-state index contributed by atoms with van der Waals surface area (Å²) in [5.41, 5.74) is 2.35. The van der Waals surface area contributed by atoms with E-state index in [-0.39, 0.29) is 11.9 Å². The van der Waals surface area contributed by atoms with Crippen molar-refractivity contribution in [3.8, 4) is 28.8 Å². The molecule has 0 saturated heterocycles. The van der Waals surface area contributed by atoms with Crippen LogP contribution in [0, 0.1) is 0 Å². The Hall–Kier alpha value is -3.39. The number of benzene rings is 2. The third-order valence-corrected chi connectivity index (χ3v) is 4.30. The fourth-order valence-corrected chi connectivity index (χ4v) is 2.75. The molecule has 158 valence electrons. The van der Waals surface area contributed by atoms with Gasteiger partial charge in [0.2, 0.25) is 5.91 Å². The molecule has 30 heavy (non-hydrogen) atoms. The van der Waals surface area contributed by atoms with E-state index in [1.807, 2.05) is 62.4 Å². The van der Waals surface area contributed by atoms with Crippen LogP contribution in [0.4, 0.5) is 5.69 Å². The van der Waals surface area contributed by atoms with E-state index in [1.165, 1.54) is 0 Å². The molecule has 0 spiro atoms. The van der Waals surface area contributed by atoms with E-state index >= 15 is 0 Å². The van der Waals surface area contributed by atoms with Gasteiger partial charge < -0.3 is 19.5 Å². The van der Waals surface area contributed by atoms with Gasteiger partial charge in [-0.3, -0.25) is 4.79 Å². The van der Waals surface area contributed by atoms with Crippen molar-refractivity contribution in [3.63, 3.8) is 0 Å². The van der Waals surface area contributed by atoms with Crippen LogP contribution in [-0.4, -0.2) is 47.6 Å². The number of carbonyl (C=O) groups excluding carboxylic acids is 1. The van der Waals surface area contributed by atoms with Crippen LogP contribution in [-0.2, 0) is 9.53 Å². The molecule has 0 radical (unpaired) electrons. The number of hydrogen-bond donors (Lipinski definition) is 1. The van der Waals surface area contributed by atoms with Crippen LogP contribution in [0.1, 0.15) is 20.3 Å². The fraction of sp³-hybridized carbons (Fsp3) is 0.318. The normalized spacial score (nSPS) is 10.6. The van der Waals surface area contributed by atoms with Crippen LogP contribution in [0.15, 0.2) is 48.5 Å². The molecule has 8 nitrogen and oxygen atoms in total. The Bertz CT molecular complexity index is 970. The molecule has 0 aliphatic carbocycles. The van der Waals surface area contributed by atoms with Crippen molar-refractivity contribution in [1.29, 1.82) is 0 Å². The maximum Gasteiger partial charge on any atom is 0.336 e. The van der Waals surface area contributed by atoms with Gasteiger partial charge in [-0.05, 0) is 43.3 Å². The fourth-order valence-electron chi connectivity index (χ4n) is 2.75. The number of carbonyl (C=O) groups is 1. The quantitative estimate of drug-likeness (QED) is 0.513. The summed E-state index contributed by atoms with van der Waals surface area (Å²) in [6.07, 6.45) is 0.424. The van der Waals surface area contributed by atoms with Gasteiger partial charge in [-0.2, -0.15) is 4.98 Å². The summed E-state index contributed by atoms with van der Waals surface area (Å²) >= 11 is 0. The van der Waals surface area contributed by atoms with Gasteiger partial charge in [-0.25, -0.2) is 4.68 Å². The number of nitrogens with one attached hydrogen (secondary N) is 1. The first-order valence-corrected chi connectivity index (χ1v) is 9.87. The lowest BCUT2D eigenvalue weighted by Crippen LogP contribution is -2.09. The monoisotopic (exact) mass is 410 g/mol. The maximum absolute atomic E-state index is 11.6. The SMILES string of the molecule is CCOCCOc1nc(-c2cccc(OC)c2)n(-c2ccc(NC(=O)CC)cc2)n1. The molecule has 1 aromatic heterocycles. The number of aromatic nitrogens is 3. The third kappa shape index (κ3) is 5.36. The number of methoxy groups -OCH3 is 1. The molecular weight excluding hydrogens is 384 g/mol. The molecule has 0 atom stereocenters. The lowest BCUT2D eigenvalue weighted by molar-refractivity contribution is -0.115. The minimum Gasteiger partial charge on any atom is -0.497 e. The Morgan fingerprint density at radius 3 is 2.60 bits per heavy atom. The first kappa shape index (κ1) is 21.3. The number of hydrogen-bond acceptors (Lipinski definition) is 6. The average Bonchev–Trinajstić information content (AvgIpc) is 3.21. The lowest BCUT2D eigenvalue weighted by Gasteiger charge is -2.08. The Morgan fingerprint density at radius 2 is 1.90 bits per heavy atom. The van der Waals surface area contributed by atoms with Crippen LogP contribution >= 0.6 is 0 Å². The molecule has 1 N–H and O–H groups in total. The molecule has 0 aliphatic rings. The predicted molar refractivity (Wildman–Crippen MR) is 114 cm³/mol. The van der Waals surface area contributed by atoms with Crippen LogP contribution < -0.4 is 14.8 Å². The van der Waals surface area contributed by atoms with Gasteiger partial charge >= 0.3 is 6.01 Å². The summed E-state index contributed by atoms with van der Waals surface area (Å²) in [5.74, 6) is 1.30. The highest BCUT2D eigenvalue weighted by Gasteiger charge is 2.15. The Balaban J connectivity index is 1.92. The van der Waals surface area contributed by atoms with Crippen molar-refractivity contribution >= 4 is 11.6 Å². The second-order valence-corrected chi connectivity index (χ2v) is 6.36. The smallest absolute Gasteiger partial charge is 0.336 e. The van der Waals surface area contributed by atoms with Crippen LogP contribution in [0.3, 0.4) is 0 Å². The topological polar surface area (TPSA) is 87.5 Å². The van der Waals surface area contributed by atoms with Crippen molar-refractivity contribution in [1.82, 2.24) is 14.8 Å². The second kappa shape index (κ2) is 10.4. The van der Waals surface area contributed by atoms with E-state index in [4.69, 9.17) is 14.2 Å². The number of anilines is 1. The largest absolute Gasteiger partial charge is 0.497 e. The molecule has 0 aliphatic heterocycles. The highest BCUT2D eigenvalue weighted by Crippen LogP contribution is 2.27. The highest BCUT2D eigenvalue weighted by atomic mass is 16.5. The molecule has 3 aromatic rings. The van der Waals surface area contributed by atoms with Crippen LogP contribution in [0.5, 0.6) is 11.8 Å². The zero-order chi connectivity index (χ0) is 21.3. The van der Waals surface area contributed by atoms with E-state index in [9.17, 15) is 4.79 Å². The number of amides is 1. The van der Waals surface area contributed by atoms with Gasteiger partial charge in [0.15, 0.2) is 5.82 Å². The third-order valence-electron chi connectivity index (χ3n) is 4.30. The number of nitrogens with zero attached hydrogens (tertiary/aromatic N) is 3. The molecule has 2 aromatic carbocycles. The summed E-state index contributed by atoms with van der Waals surface area (Å²) in [6, 6.07) is 15.2. The van der Waals surface area contributed by atoms with E-state index < -0.39 is 0 Å². The minimum atomic E-state index is -0.0365. The predicted octanol–water partition coefficient (Wildman–Crippen LogP) is 3.71. The molecule has 0 bridgehead atoms. The summed E-state index contributed by atoms with van der Waals surface area (Å²) in [6.45, 7) is 5.19. The van der Waals surface area contributed by atoms with Gasteiger partial charge in [-0.15, -0.1) is 5.10 Å². The van der Waals surface area contributed by atoms with Crippen molar-refractivity contribution in [2.75, 3.05) is 32.2 Å². The number of ether oxygens (including phenoxy) is 3. The van der Waals surface area contributed by atoms with Gasteiger partial charge in [0.1, 0.15) is 12.4 Å². The van der Waals surface area contributed by atoms with Gasteiger partial charge in [0.25, 0.3) is 0 Å². The zero-order valence-corrected chi connectivity index (χ0v) is 17.4. The van der Waals surface area contributed by atoms with Crippen LogP contribution in [0.2, 0.25) is 0 Å². The molecular formula is C22H26N4O4.